The maximum absolute atomic E-state index is 12.3. The van der Waals surface area contributed by atoms with E-state index in [2.05, 4.69) is 74.6 Å². The molecule has 0 aromatic carbocycles. The van der Waals surface area contributed by atoms with Crippen LogP contribution in [0.15, 0.2) is 60.8 Å². The number of esters is 2. The molecule has 67 heavy (non-hydrogen) atoms. The molecule has 0 aliphatic carbocycles. The van der Waals surface area contributed by atoms with E-state index in [0.29, 0.717) is 12.8 Å². The Balaban J connectivity index is 3.39. The molecule has 0 rings (SSSR count). The van der Waals surface area contributed by atoms with Gasteiger partial charge in [0.05, 0.1) is 6.61 Å². The van der Waals surface area contributed by atoms with E-state index in [0.717, 1.165) is 70.6 Å². The first-order valence-corrected chi connectivity index (χ1v) is 29.3. The second kappa shape index (κ2) is 57.9. The minimum atomic E-state index is -0.768. The lowest BCUT2D eigenvalue weighted by atomic mass is 10.0. The van der Waals surface area contributed by atoms with Crippen LogP contribution < -0.4 is 0 Å². The molecule has 1 atom stereocenters. The molecular weight excluding hydrogens is 825 g/mol. The lowest BCUT2D eigenvalue weighted by Gasteiger charge is -2.15. The molecule has 0 saturated carbocycles. The van der Waals surface area contributed by atoms with Crippen molar-refractivity contribution in [1.29, 1.82) is 0 Å². The normalized spacial score (nSPS) is 12.6. The topological polar surface area (TPSA) is 72.8 Å². The van der Waals surface area contributed by atoms with Gasteiger partial charge in [0.15, 0.2) is 6.10 Å². The molecule has 1 unspecified atom stereocenters. The van der Waals surface area contributed by atoms with Gasteiger partial charge in [0, 0.05) is 12.8 Å². The number of unbranched alkanes of at least 4 members (excludes halogenated alkanes) is 36. The van der Waals surface area contributed by atoms with Gasteiger partial charge in [0.2, 0.25) is 0 Å². The molecule has 0 aromatic heterocycles. The Morgan fingerprint density at radius 2 is 0.642 bits per heavy atom. The first-order chi connectivity index (χ1) is 33.1. The monoisotopic (exact) mass is 937 g/mol. The highest BCUT2D eigenvalue weighted by Crippen LogP contribution is 2.17. The number of carbonyl (C=O) groups is 2. The fourth-order valence-electron chi connectivity index (χ4n) is 8.70. The van der Waals surface area contributed by atoms with Gasteiger partial charge >= 0.3 is 11.9 Å². The van der Waals surface area contributed by atoms with Crippen molar-refractivity contribution in [3.63, 3.8) is 0 Å². The molecule has 1 N–H and O–H groups in total. The summed E-state index contributed by atoms with van der Waals surface area (Å²) >= 11 is 0. The Kier molecular flexibility index (Phi) is 55.8. The van der Waals surface area contributed by atoms with Crippen LogP contribution in [-0.2, 0) is 19.1 Å². The van der Waals surface area contributed by atoms with Crippen LogP contribution in [0.5, 0.6) is 0 Å². The van der Waals surface area contributed by atoms with Crippen LogP contribution in [0, 0.1) is 0 Å². The van der Waals surface area contributed by atoms with Crippen molar-refractivity contribution in [2.75, 3.05) is 13.2 Å². The van der Waals surface area contributed by atoms with Gasteiger partial charge in [0.25, 0.3) is 0 Å². The summed E-state index contributed by atoms with van der Waals surface area (Å²) in [5.41, 5.74) is 0. The summed E-state index contributed by atoms with van der Waals surface area (Å²) in [5.74, 6) is -0.574. The maximum atomic E-state index is 12.3. The molecule has 0 radical (unpaired) electrons. The fourth-order valence-corrected chi connectivity index (χ4v) is 8.70. The summed E-state index contributed by atoms with van der Waals surface area (Å²) in [6.45, 7) is 4.06. The molecule has 5 heteroatoms. The van der Waals surface area contributed by atoms with Crippen molar-refractivity contribution in [1.82, 2.24) is 0 Å². The molecule has 0 amide bonds. The van der Waals surface area contributed by atoms with Crippen molar-refractivity contribution in [2.45, 2.75) is 309 Å². The molecule has 0 aliphatic heterocycles. The van der Waals surface area contributed by atoms with Gasteiger partial charge in [-0.05, 0) is 57.8 Å². The van der Waals surface area contributed by atoms with Crippen molar-refractivity contribution in [3.05, 3.63) is 60.8 Å². The van der Waals surface area contributed by atoms with E-state index in [4.69, 9.17) is 9.47 Å². The molecule has 390 valence electrons. The zero-order valence-corrected chi connectivity index (χ0v) is 44.7. The quantitative estimate of drug-likeness (QED) is 0.0374. The van der Waals surface area contributed by atoms with E-state index < -0.39 is 6.10 Å². The van der Waals surface area contributed by atoms with E-state index in [1.54, 1.807) is 0 Å². The summed E-state index contributed by atoms with van der Waals surface area (Å²) in [7, 11) is 0. The molecule has 0 aromatic rings. The van der Waals surface area contributed by atoms with Gasteiger partial charge in [0.1, 0.15) is 6.61 Å². The minimum absolute atomic E-state index is 0.0600. The standard InChI is InChI=1S/C62H112O5/c1-3-5-7-9-11-13-15-17-19-20-21-22-23-24-25-26-27-28-29-30-31-32-33-34-35-36-37-38-39-40-41-42-43-45-47-49-51-53-55-57-62(65)67-60(58-63)59-66-61(64)56-54-52-50-48-46-44-18-16-14-12-10-8-6-4-2/h5,7,11,13,17,19,21-22,24-25,60,63H,3-4,6,8-10,12,14-16,18,20,23,26-59H2,1-2H3/b7-5-,13-11-,19-17-,22-21-,25-24-. The SMILES string of the molecule is CC/C=C\C/C=C\C/C=C\C/C=C\C/C=C\CCCCCCCCCCCCCCCCCCCCCCCCCC(=O)OC(CO)COC(=O)CCCCCCCCCCCCCCCC. The highest BCUT2D eigenvalue weighted by atomic mass is 16.6. The van der Waals surface area contributed by atoms with Crippen LogP contribution in [0.4, 0.5) is 0 Å². The summed E-state index contributed by atoms with van der Waals surface area (Å²) in [5, 5.41) is 9.63. The van der Waals surface area contributed by atoms with Crippen LogP contribution in [0.1, 0.15) is 303 Å². The Bertz CT molecular complexity index is 1150. The van der Waals surface area contributed by atoms with Crippen LogP contribution >= 0.6 is 0 Å². The second-order valence-corrected chi connectivity index (χ2v) is 19.7. The van der Waals surface area contributed by atoms with Crippen LogP contribution in [0.25, 0.3) is 0 Å². The molecule has 0 aliphatic rings. The lowest BCUT2D eigenvalue weighted by molar-refractivity contribution is -0.161. The first kappa shape index (κ1) is 64.6. The highest BCUT2D eigenvalue weighted by Gasteiger charge is 2.16. The number of ether oxygens (including phenoxy) is 2. The number of aliphatic hydroxyl groups excluding tert-OH is 1. The van der Waals surface area contributed by atoms with Crippen molar-refractivity contribution in [2.24, 2.45) is 0 Å². The molecule has 0 fully saturated rings. The maximum Gasteiger partial charge on any atom is 0.306 e. The third-order valence-electron chi connectivity index (χ3n) is 13.1. The number of hydrogen-bond acceptors (Lipinski definition) is 5. The van der Waals surface area contributed by atoms with Gasteiger partial charge < -0.3 is 14.6 Å². The van der Waals surface area contributed by atoms with Crippen LogP contribution in [0.3, 0.4) is 0 Å². The van der Waals surface area contributed by atoms with Crippen molar-refractivity contribution in [3.8, 4) is 0 Å². The second-order valence-electron chi connectivity index (χ2n) is 19.7. The number of carbonyl (C=O) groups excluding carboxylic acids is 2. The highest BCUT2D eigenvalue weighted by molar-refractivity contribution is 5.70. The van der Waals surface area contributed by atoms with Crippen LogP contribution in [-0.4, -0.2) is 36.4 Å². The summed E-state index contributed by atoms with van der Waals surface area (Å²) in [6, 6.07) is 0. The summed E-state index contributed by atoms with van der Waals surface area (Å²) in [6.07, 6.45) is 77.9. The third kappa shape index (κ3) is 56.1. The van der Waals surface area contributed by atoms with Gasteiger partial charge in [-0.1, -0.05) is 293 Å². The molecule has 0 saturated heterocycles. The molecule has 0 heterocycles. The Morgan fingerprint density at radius 1 is 0.358 bits per heavy atom. The van der Waals surface area contributed by atoms with E-state index in [9.17, 15) is 14.7 Å². The number of hydrogen-bond donors (Lipinski definition) is 1. The first-order valence-electron chi connectivity index (χ1n) is 29.3. The predicted molar refractivity (Wildman–Crippen MR) is 293 cm³/mol. The fraction of sp³-hybridized carbons (Fsp3) is 0.806. The molecule has 0 spiro atoms. The largest absolute Gasteiger partial charge is 0.462 e. The Morgan fingerprint density at radius 3 is 0.970 bits per heavy atom. The number of allylic oxidation sites excluding steroid dienone is 10. The van der Waals surface area contributed by atoms with Gasteiger partial charge in [-0.25, -0.2) is 0 Å². The number of rotatable bonds is 54. The van der Waals surface area contributed by atoms with E-state index in [1.165, 1.54) is 205 Å². The van der Waals surface area contributed by atoms with Crippen molar-refractivity contribution >= 4 is 11.9 Å². The average Bonchev–Trinajstić information content (AvgIpc) is 3.33. The molecule has 0 bridgehead atoms. The average molecular weight is 938 g/mol. The van der Waals surface area contributed by atoms with Crippen molar-refractivity contribution < 1.29 is 24.2 Å². The van der Waals surface area contributed by atoms with Gasteiger partial charge in [-0.3, -0.25) is 9.59 Å². The molecule has 5 nitrogen and oxygen atoms in total. The smallest absolute Gasteiger partial charge is 0.306 e. The Hall–Kier alpha value is -2.40. The third-order valence-corrected chi connectivity index (χ3v) is 13.1. The van der Waals surface area contributed by atoms with Gasteiger partial charge in [-0.2, -0.15) is 0 Å². The van der Waals surface area contributed by atoms with Crippen LogP contribution in [0.2, 0.25) is 0 Å². The van der Waals surface area contributed by atoms with E-state index >= 15 is 0 Å². The molecular formula is C62H112O5. The predicted octanol–water partition coefficient (Wildman–Crippen LogP) is 19.8. The van der Waals surface area contributed by atoms with E-state index in [1.807, 2.05) is 0 Å². The number of aliphatic hydroxyl groups is 1. The summed E-state index contributed by atoms with van der Waals surface area (Å²) < 4.78 is 10.7. The lowest BCUT2D eigenvalue weighted by Crippen LogP contribution is -2.28. The summed E-state index contributed by atoms with van der Waals surface area (Å²) in [4.78, 5) is 24.4. The van der Waals surface area contributed by atoms with Gasteiger partial charge in [-0.15, -0.1) is 0 Å². The van der Waals surface area contributed by atoms with E-state index in [-0.39, 0.29) is 25.2 Å². The zero-order chi connectivity index (χ0) is 48.5. The Labute approximate surface area is 417 Å². The zero-order valence-electron chi connectivity index (χ0n) is 44.7. The minimum Gasteiger partial charge on any atom is -0.462 e.